The summed E-state index contributed by atoms with van der Waals surface area (Å²) in [6.45, 7) is 4.80. The first-order valence-electron chi connectivity index (χ1n) is 6.99. The summed E-state index contributed by atoms with van der Waals surface area (Å²) in [5.74, 6) is -1.01. The summed E-state index contributed by atoms with van der Waals surface area (Å²) in [5, 5.41) is 11.4. The van der Waals surface area contributed by atoms with Crippen LogP contribution in [-0.4, -0.2) is 28.5 Å². The Balaban J connectivity index is 2.46. The molecule has 1 amide bonds. The molecule has 0 saturated heterocycles. The maximum Gasteiger partial charge on any atom is 0.309 e. The topological polar surface area (TPSA) is 105 Å². The van der Waals surface area contributed by atoms with Gasteiger partial charge in [-0.15, -0.1) is 0 Å². The van der Waals surface area contributed by atoms with E-state index in [0.29, 0.717) is 24.3 Å². The van der Waals surface area contributed by atoms with Gasteiger partial charge in [-0.05, 0) is 36.9 Å². The highest BCUT2D eigenvalue weighted by Crippen LogP contribution is 2.26. The molecule has 0 radical (unpaired) electrons. The van der Waals surface area contributed by atoms with E-state index < -0.39 is 5.97 Å². The van der Waals surface area contributed by atoms with Gasteiger partial charge in [0.25, 0.3) is 0 Å². The Morgan fingerprint density at radius 1 is 1.33 bits per heavy atom. The molecule has 0 fully saturated rings. The molecule has 116 valence electrons. The first-order chi connectivity index (χ1) is 9.82. The third-order valence-corrected chi connectivity index (χ3v) is 3.29. The number of pyridine rings is 1. The summed E-state index contributed by atoms with van der Waals surface area (Å²) in [5.41, 5.74) is 6.63. The zero-order chi connectivity index (χ0) is 15.9. The Hall–Kier alpha value is -1.95. The van der Waals surface area contributed by atoms with Crippen LogP contribution in [0.25, 0.3) is 0 Å². The van der Waals surface area contributed by atoms with Crippen molar-refractivity contribution < 1.29 is 14.7 Å². The average molecular weight is 293 g/mol. The predicted octanol–water partition coefficient (Wildman–Crippen LogP) is 1.80. The molecule has 0 bridgehead atoms. The lowest BCUT2D eigenvalue weighted by molar-refractivity contribution is -0.136. The molecule has 6 nitrogen and oxygen atoms in total. The van der Waals surface area contributed by atoms with E-state index in [2.05, 4.69) is 24.1 Å². The van der Waals surface area contributed by atoms with Crippen molar-refractivity contribution in [2.45, 2.75) is 39.5 Å². The number of hydrogen-bond acceptors (Lipinski definition) is 4. The van der Waals surface area contributed by atoms with E-state index in [0.717, 1.165) is 12.8 Å². The molecule has 0 aromatic carbocycles. The average Bonchev–Trinajstić information content (AvgIpc) is 2.38. The van der Waals surface area contributed by atoms with Gasteiger partial charge >= 0.3 is 5.97 Å². The molecule has 0 spiro atoms. The fourth-order valence-electron chi connectivity index (χ4n) is 1.95. The van der Waals surface area contributed by atoms with Crippen molar-refractivity contribution in [2.24, 2.45) is 11.1 Å². The molecule has 4 N–H and O–H groups in total. The standard InChI is InChI=1S/C15H23N3O3/c1-15(2,7-8-16)6-5-13(19)18-12-4-3-11(17-10-12)9-14(20)21/h3-4,10H,5-9,16H2,1-2H3,(H,18,19)(H,20,21). The largest absolute Gasteiger partial charge is 0.481 e. The summed E-state index contributed by atoms with van der Waals surface area (Å²) in [4.78, 5) is 26.4. The molecule has 21 heavy (non-hydrogen) atoms. The second-order valence-corrected chi connectivity index (χ2v) is 5.86. The number of carboxylic acids is 1. The first-order valence-corrected chi connectivity index (χ1v) is 6.99. The Kier molecular flexibility index (Phi) is 6.30. The number of anilines is 1. The molecular weight excluding hydrogens is 270 g/mol. The molecule has 0 atom stereocenters. The molecule has 0 unspecified atom stereocenters. The SMILES string of the molecule is CC(C)(CCN)CCC(=O)Nc1ccc(CC(=O)O)nc1. The number of nitrogens with two attached hydrogens (primary N) is 1. The van der Waals surface area contributed by atoms with E-state index in [1.807, 2.05) is 0 Å². The number of rotatable bonds is 8. The molecular formula is C15H23N3O3. The fraction of sp³-hybridized carbons (Fsp3) is 0.533. The Morgan fingerprint density at radius 2 is 2.05 bits per heavy atom. The molecule has 0 aliphatic heterocycles. The maximum absolute atomic E-state index is 11.9. The van der Waals surface area contributed by atoms with Gasteiger partial charge in [-0.3, -0.25) is 14.6 Å². The predicted molar refractivity (Wildman–Crippen MR) is 80.9 cm³/mol. The second kappa shape index (κ2) is 7.73. The van der Waals surface area contributed by atoms with Crippen LogP contribution < -0.4 is 11.1 Å². The molecule has 1 aromatic heterocycles. The molecule has 0 saturated carbocycles. The molecule has 6 heteroatoms. The number of aromatic nitrogens is 1. The van der Waals surface area contributed by atoms with Crippen molar-refractivity contribution in [3.63, 3.8) is 0 Å². The van der Waals surface area contributed by atoms with Gasteiger partial charge in [-0.2, -0.15) is 0 Å². The third-order valence-electron chi connectivity index (χ3n) is 3.29. The molecule has 0 aliphatic carbocycles. The lowest BCUT2D eigenvalue weighted by Crippen LogP contribution is -2.20. The highest BCUT2D eigenvalue weighted by Gasteiger charge is 2.18. The van der Waals surface area contributed by atoms with Crippen LogP contribution in [0.15, 0.2) is 18.3 Å². The van der Waals surface area contributed by atoms with Crippen molar-refractivity contribution in [3.05, 3.63) is 24.0 Å². The van der Waals surface area contributed by atoms with Crippen molar-refractivity contribution >= 4 is 17.6 Å². The maximum atomic E-state index is 11.9. The minimum Gasteiger partial charge on any atom is -0.481 e. The van der Waals surface area contributed by atoms with Gasteiger partial charge in [0.05, 0.1) is 24.0 Å². The number of carbonyl (C=O) groups is 2. The lowest BCUT2D eigenvalue weighted by atomic mass is 9.84. The number of aliphatic carboxylic acids is 1. The Labute approximate surface area is 124 Å². The van der Waals surface area contributed by atoms with Gasteiger partial charge in [0.1, 0.15) is 0 Å². The van der Waals surface area contributed by atoms with Crippen LogP contribution in [0.1, 0.15) is 38.8 Å². The fourth-order valence-corrected chi connectivity index (χ4v) is 1.95. The van der Waals surface area contributed by atoms with Crippen LogP contribution >= 0.6 is 0 Å². The van der Waals surface area contributed by atoms with E-state index in [4.69, 9.17) is 10.8 Å². The van der Waals surface area contributed by atoms with E-state index in [-0.39, 0.29) is 17.7 Å². The highest BCUT2D eigenvalue weighted by atomic mass is 16.4. The third kappa shape index (κ3) is 6.85. The van der Waals surface area contributed by atoms with Gasteiger partial charge < -0.3 is 16.2 Å². The minimum atomic E-state index is -0.929. The van der Waals surface area contributed by atoms with Crippen LogP contribution in [0.3, 0.4) is 0 Å². The number of nitrogens with one attached hydrogen (secondary N) is 1. The highest BCUT2D eigenvalue weighted by molar-refractivity contribution is 5.90. The summed E-state index contributed by atoms with van der Waals surface area (Å²) < 4.78 is 0. The van der Waals surface area contributed by atoms with Crippen LogP contribution in [0.5, 0.6) is 0 Å². The van der Waals surface area contributed by atoms with E-state index in [9.17, 15) is 9.59 Å². The van der Waals surface area contributed by atoms with Crippen LogP contribution in [0, 0.1) is 5.41 Å². The van der Waals surface area contributed by atoms with E-state index in [1.165, 1.54) is 6.20 Å². The minimum absolute atomic E-state index is 0.0513. The van der Waals surface area contributed by atoms with E-state index in [1.54, 1.807) is 12.1 Å². The number of nitrogens with zero attached hydrogens (tertiary/aromatic N) is 1. The van der Waals surface area contributed by atoms with Gasteiger partial charge in [-0.1, -0.05) is 13.8 Å². The van der Waals surface area contributed by atoms with Crippen LogP contribution in [0.2, 0.25) is 0 Å². The van der Waals surface area contributed by atoms with Gasteiger partial charge in [0, 0.05) is 6.42 Å². The van der Waals surface area contributed by atoms with Crippen LogP contribution in [-0.2, 0) is 16.0 Å². The Bertz CT molecular complexity index is 483. The summed E-state index contributed by atoms with van der Waals surface area (Å²) in [6.07, 6.45) is 3.42. The summed E-state index contributed by atoms with van der Waals surface area (Å²) in [7, 11) is 0. The lowest BCUT2D eigenvalue weighted by Gasteiger charge is -2.23. The van der Waals surface area contributed by atoms with Crippen molar-refractivity contribution in [1.82, 2.24) is 4.98 Å². The normalized spacial score (nSPS) is 11.2. The molecule has 1 rings (SSSR count). The van der Waals surface area contributed by atoms with Crippen LogP contribution in [0.4, 0.5) is 5.69 Å². The number of hydrogen-bond donors (Lipinski definition) is 3. The first kappa shape index (κ1) is 17.1. The van der Waals surface area contributed by atoms with Crippen molar-refractivity contribution in [2.75, 3.05) is 11.9 Å². The molecule has 0 aliphatic rings. The summed E-state index contributed by atoms with van der Waals surface area (Å²) in [6, 6.07) is 3.26. The van der Waals surface area contributed by atoms with Crippen molar-refractivity contribution in [3.8, 4) is 0 Å². The van der Waals surface area contributed by atoms with Gasteiger partial charge in [0.2, 0.25) is 5.91 Å². The zero-order valence-corrected chi connectivity index (χ0v) is 12.6. The number of carbonyl (C=O) groups excluding carboxylic acids is 1. The molecule has 1 aromatic rings. The van der Waals surface area contributed by atoms with Gasteiger partial charge in [-0.25, -0.2) is 0 Å². The van der Waals surface area contributed by atoms with Crippen molar-refractivity contribution in [1.29, 1.82) is 0 Å². The van der Waals surface area contributed by atoms with Gasteiger partial charge in [0.15, 0.2) is 0 Å². The Morgan fingerprint density at radius 3 is 2.57 bits per heavy atom. The summed E-state index contributed by atoms with van der Waals surface area (Å²) >= 11 is 0. The quantitative estimate of drug-likeness (QED) is 0.677. The zero-order valence-electron chi connectivity index (χ0n) is 12.6. The smallest absolute Gasteiger partial charge is 0.309 e. The number of amides is 1. The number of carboxylic acid groups (broad SMARTS) is 1. The monoisotopic (exact) mass is 293 g/mol. The molecule has 1 heterocycles. The van der Waals surface area contributed by atoms with E-state index >= 15 is 0 Å². The second-order valence-electron chi connectivity index (χ2n) is 5.86.